The lowest BCUT2D eigenvalue weighted by Gasteiger charge is -2.27. The van der Waals surface area contributed by atoms with E-state index in [1.807, 2.05) is 0 Å². The van der Waals surface area contributed by atoms with Gasteiger partial charge in [0.1, 0.15) is 11.9 Å². The fraction of sp³-hybridized carbons (Fsp3) is 0.375. The third-order valence-electron chi connectivity index (χ3n) is 3.96. The molecule has 3 rings (SSSR count). The van der Waals surface area contributed by atoms with Crippen LogP contribution in [0.15, 0.2) is 29.8 Å². The molecule has 1 fully saturated rings. The molecule has 6 heteroatoms. The minimum absolute atomic E-state index is 0.347. The number of nitriles is 1. The highest BCUT2D eigenvalue weighted by molar-refractivity contribution is 7.10. The van der Waals surface area contributed by atoms with Crippen LogP contribution >= 0.6 is 11.3 Å². The third kappa shape index (κ3) is 3.21. The van der Waals surface area contributed by atoms with Crippen molar-refractivity contribution >= 4 is 22.8 Å². The van der Waals surface area contributed by atoms with Gasteiger partial charge in [0.15, 0.2) is 0 Å². The van der Waals surface area contributed by atoms with Gasteiger partial charge in [-0.3, -0.25) is 4.90 Å². The summed E-state index contributed by atoms with van der Waals surface area (Å²) in [6, 6.07) is 8.33. The summed E-state index contributed by atoms with van der Waals surface area (Å²) in [5.74, 6) is 0.653. The van der Waals surface area contributed by atoms with E-state index >= 15 is 0 Å². The summed E-state index contributed by atoms with van der Waals surface area (Å²) in [5, 5.41) is 14.3. The van der Waals surface area contributed by atoms with Crippen LogP contribution in [0.25, 0.3) is 0 Å². The molecule has 0 bridgehead atoms. The first-order chi connectivity index (χ1) is 10.8. The maximum Gasteiger partial charge on any atom is 0.149 e. The average Bonchev–Trinajstić information content (AvgIpc) is 3.22. The van der Waals surface area contributed by atoms with Gasteiger partial charge in [-0.05, 0) is 43.4 Å². The fourth-order valence-electron chi connectivity index (χ4n) is 2.83. The van der Waals surface area contributed by atoms with Crippen LogP contribution in [-0.2, 0) is 0 Å². The Morgan fingerprint density at radius 1 is 1.45 bits per heavy atom. The second-order valence-electron chi connectivity index (χ2n) is 5.43. The van der Waals surface area contributed by atoms with E-state index in [2.05, 4.69) is 38.8 Å². The molecule has 0 aliphatic carbocycles. The Labute approximate surface area is 134 Å². The number of rotatable bonds is 5. The maximum absolute atomic E-state index is 8.87. The Kier molecular flexibility index (Phi) is 4.56. The van der Waals surface area contributed by atoms with Gasteiger partial charge >= 0.3 is 0 Å². The Bertz CT molecular complexity index is 656. The van der Waals surface area contributed by atoms with Crippen LogP contribution in [0, 0.1) is 11.3 Å². The van der Waals surface area contributed by atoms with E-state index < -0.39 is 0 Å². The Balaban J connectivity index is 1.73. The molecule has 22 heavy (non-hydrogen) atoms. The van der Waals surface area contributed by atoms with Crippen LogP contribution in [0.5, 0.6) is 0 Å². The molecule has 2 aromatic heterocycles. The van der Waals surface area contributed by atoms with E-state index in [-0.39, 0.29) is 0 Å². The van der Waals surface area contributed by atoms with Crippen molar-refractivity contribution < 1.29 is 0 Å². The van der Waals surface area contributed by atoms with Crippen molar-refractivity contribution in [2.45, 2.75) is 18.9 Å². The minimum Gasteiger partial charge on any atom is -0.396 e. The first kappa shape index (κ1) is 14.8. The van der Waals surface area contributed by atoms with Crippen molar-refractivity contribution in [3.63, 3.8) is 0 Å². The SMILES string of the molecule is N#Cc1cnc(NCC(c2cccs2)N2CCCC2)c(N)c1. The number of nitrogens with two attached hydrogens (primary N) is 1. The van der Waals surface area contributed by atoms with E-state index in [1.165, 1.54) is 17.7 Å². The predicted octanol–water partition coefficient (Wildman–Crippen LogP) is 2.85. The van der Waals surface area contributed by atoms with Crippen molar-refractivity contribution in [3.05, 3.63) is 40.2 Å². The van der Waals surface area contributed by atoms with Crippen molar-refractivity contribution in [1.82, 2.24) is 9.88 Å². The predicted molar refractivity (Wildman–Crippen MR) is 89.7 cm³/mol. The molecular weight excluding hydrogens is 294 g/mol. The Morgan fingerprint density at radius 2 is 2.27 bits per heavy atom. The quantitative estimate of drug-likeness (QED) is 0.887. The Morgan fingerprint density at radius 3 is 2.91 bits per heavy atom. The van der Waals surface area contributed by atoms with Crippen molar-refractivity contribution in [2.75, 3.05) is 30.7 Å². The summed E-state index contributed by atoms with van der Waals surface area (Å²) in [6.07, 6.45) is 4.08. The van der Waals surface area contributed by atoms with Crippen LogP contribution in [0.3, 0.4) is 0 Å². The maximum atomic E-state index is 8.87. The first-order valence-electron chi connectivity index (χ1n) is 7.45. The molecule has 1 aliphatic rings. The van der Waals surface area contributed by atoms with Crippen LogP contribution in [0.1, 0.15) is 29.3 Å². The molecule has 2 aromatic rings. The highest BCUT2D eigenvalue weighted by atomic mass is 32.1. The molecule has 0 aromatic carbocycles. The molecule has 1 saturated heterocycles. The number of nitrogen functional groups attached to an aromatic ring is 1. The zero-order valence-corrected chi connectivity index (χ0v) is 13.1. The summed E-state index contributed by atoms with van der Waals surface area (Å²) >= 11 is 1.79. The van der Waals surface area contributed by atoms with Crippen molar-refractivity contribution in [1.29, 1.82) is 5.26 Å². The number of nitrogens with one attached hydrogen (secondary N) is 1. The zero-order valence-electron chi connectivity index (χ0n) is 12.3. The van der Waals surface area contributed by atoms with Gasteiger partial charge in [0.2, 0.25) is 0 Å². The van der Waals surface area contributed by atoms with Gasteiger partial charge < -0.3 is 11.1 Å². The monoisotopic (exact) mass is 313 g/mol. The summed E-state index contributed by atoms with van der Waals surface area (Å²) in [6.45, 7) is 3.05. The number of hydrogen-bond donors (Lipinski definition) is 2. The number of likely N-dealkylation sites (tertiary alicyclic amines) is 1. The average molecular weight is 313 g/mol. The van der Waals surface area contributed by atoms with Crippen molar-refractivity contribution in [2.24, 2.45) is 0 Å². The first-order valence-corrected chi connectivity index (χ1v) is 8.33. The number of anilines is 2. The molecule has 114 valence electrons. The molecule has 1 aliphatic heterocycles. The summed E-state index contributed by atoms with van der Waals surface area (Å²) in [5.41, 5.74) is 6.97. The van der Waals surface area contributed by atoms with E-state index in [0.29, 0.717) is 23.1 Å². The molecule has 1 unspecified atom stereocenters. The highest BCUT2D eigenvalue weighted by Gasteiger charge is 2.24. The standard InChI is InChI=1S/C16H19N5S/c17-9-12-8-13(18)16(19-10-12)20-11-14(15-4-3-7-22-15)21-5-1-2-6-21/h3-4,7-8,10,14H,1-2,5-6,11,18H2,(H,19,20). The highest BCUT2D eigenvalue weighted by Crippen LogP contribution is 2.29. The van der Waals surface area contributed by atoms with Gasteiger partial charge in [0.05, 0.1) is 17.3 Å². The van der Waals surface area contributed by atoms with Gasteiger partial charge in [0.25, 0.3) is 0 Å². The molecule has 1 atom stereocenters. The number of hydrogen-bond acceptors (Lipinski definition) is 6. The van der Waals surface area contributed by atoms with E-state index in [4.69, 9.17) is 11.0 Å². The largest absolute Gasteiger partial charge is 0.396 e. The van der Waals surface area contributed by atoms with E-state index in [1.54, 1.807) is 23.6 Å². The smallest absolute Gasteiger partial charge is 0.149 e. The van der Waals surface area contributed by atoms with Crippen LogP contribution < -0.4 is 11.1 Å². The summed E-state index contributed by atoms with van der Waals surface area (Å²) in [4.78, 5) is 8.13. The fourth-order valence-corrected chi connectivity index (χ4v) is 3.69. The molecule has 0 amide bonds. The van der Waals surface area contributed by atoms with Gasteiger partial charge in [-0.25, -0.2) is 4.98 Å². The van der Waals surface area contributed by atoms with Crippen molar-refractivity contribution in [3.8, 4) is 6.07 Å². The second kappa shape index (κ2) is 6.77. The lowest BCUT2D eigenvalue weighted by atomic mass is 10.2. The lowest BCUT2D eigenvalue weighted by molar-refractivity contribution is 0.259. The summed E-state index contributed by atoms with van der Waals surface area (Å²) in [7, 11) is 0. The van der Waals surface area contributed by atoms with Crippen LogP contribution in [0.2, 0.25) is 0 Å². The molecule has 0 spiro atoms. The number of nitrogens with zero attached hydrogens (tertiary/aromatic N) is 3. The second-order valence-corrected chi connectivity index (χ2v) is 6.41. The van der Waals surface area contributed by atoms with Gasteiger partial charge in [0, 0.05) is 17.6 Å². The zero-order chi connectivity index (χ0) is 15.4. The minimum atomic E-state index is 0.347. The van der Waals surface area contributed by atoms with Gasteiger partial charge in [-0.1, -0.05) is 6.07 Å². The topological polar surface area (TPSA) is 78.0 Å². The third-order valence-corrected chi connectivity index (χ3v) is 4.94. The molecule has 0 saturated carbocycles. The normalized spacial score (nSPS) is 16.3. The molecule has 3 N–H and O–H groups in total. The summed E-state index contributed by atoms with van der Waals surface area (Å²) < 4.78 is 0. The number of thiophene rings is 1. The van der Waals surface area contributed by atoms with Crippen LogP contribution in [0.4, 0.5) is 11.5 Å². The molecule has 3 heterocycles. The van der Waals surface area contributed by atoms with Crippen LogP contribution in [-0.4, -0.2) is 29.5 Å². The number of pyridine rings is 1. The Hall–Kier alpha value is -2.10. The molecule has 5 nitrogen and oxygen atoms in total. The van der Waals surface area contributed by atoms with Gasteiger partial charge in [-0.2, -0.15) is 5.26 Å². The van der Waals surface area contributed by atoms with E-state index in [9.17, 15) is 0 Å². The van der Waals surface area contributed by atoms with E-state index in [0.717, 1.165) is 19.6 Å². The van der Waals surface area contributed by atoms with Gasteiger partial charge in [-0.15, -0.1) is 11.3 Å². The lowest BCUT2D eigenvalue weighted by Crippen LogP contribution is -2.30. The molecular formula is C16H19N5S. The molecule has 0 radical (unpaired) electrons. The number of aromatic nitrogens is 1.